The number of hydrogen-bond donors (Lipinski definition) is 0. The van der Waals surface area contributed by atoms with Gasteiger partial charge in [0, 0.05) is 32.7 Å². The minimum Gasteiger partial charge on any atom is -0.310 e. The van der Waals surface area contributed by atoms with Gasteiger partial charge in [-0.2, -0.15) is 0 Å². The highest BCUT2D eigenvalue weighted by molar-refractivity contribution is 6.11. The highest BCUT2D eigenvalue weighted by Gasteiger charge is 2.18. The van der Waals surface area contributed by atoms with E-state index in [0.29, 0.717) is 11.4 Å². The summed E-state index contributed by atoms with van der Waals surface area (Å²) in [5.41, 5.74) is 11.5. The van der Waals surface area contributed by atoms with Crippen LogP contribution in [0, 0.1) is 13.1 Å². The molecule has 0 aliphatic rings. The summed E-state index contributed by atoms with van der Waals surface area (Å²) in [4.78, 5) is 7.71. The Hall–Kier alpha value is -6.88. The van der Waals surface area contributed by atoms with E-state index in [1.54, 1.807) is 0 Å². The van der Waals surface area contributed by atoms with Gasteiger partial charge in [0.2, 0.25) is 0 Å². The Morgan fingerprint density at radius 3 is 1.69 bits per heavy atom. The van der Waals surface area contributed by atoms with E-state index in [1.807, 2.05) is 48.5 Å². The first-order valence-electron chi connectivity index (χ1n) is 15.8. The predicted molar refractivity (Wildman–Crippen MR) is 199 cm³/mol. The number of hydrogen-bond acceptors (Lipinski definition) is 0. The summed E-state index contributed by atoms with van der Waals surface area (Å²) in [6.45, 7) is 15.8. The van der Waals surface area contributed by atoms with Crippen molar-refractivity contribution in [2.45, 2.75) is 0 Å². The average Bonchev–Trinajstić information content (AvgIpc) is 3.67. The Kier molecular flexibility index (Phi) is 6.22. The third-order valence-corrected chi connectivity index (χ3v) is 9.36. The highest BCUT2D eigenvalue weighted by Crippen LogP contribution is 2.42. The Morgan fingerprint density at radius 2 is 1.00 bits per heavy atom. The molecule has 9 aromatic rings. The smallest absolute Gasteiger partial charge is 0.195 e. The van der Waals surface area contributed by atoms with Crippen molar-refractivity contribution in [3.8, 4) is 33.6 Å². The average molecular weight is 611 g/mol. The molecule has 2 heterocycles. The van der Waals surface area contributed by atoms with Crippen LogP contribution in [0.1, 0.15) is 0 Å². The van der Waals surface area contributed by atoms with Crippen molar-refractivity contribution in [3.05, 3.63) is 181 Å². The van der Waals surface area contributed by atoms with Crippen LogP contribution in [0.15, 0.2) is 158 Å². The molecule has 2 aromatic heterocycles. The summed E-state index contributed by atoms with van der Waals surface area (Å²) in [5, 5.41) is 4.67. The maximum Gasteiger partial charge on any atom is 0.195 e. The van der Waals surface area contributed by atoms with Crippen molar-refractivity contribution in [2.75, 3.05) is 0 Å². The van der Waals surface area contributed by atoms with Crippen LogP contribution >= 0.6 is 0 Å². The fourth-order valence-electron chi connectivity index (χ4n) is 7.24. The maximum atomic E-state index is 8.13. The highest BCUT2D eigenvalue weighted by atomic mass is 15.0. The van der Waals surface area contributed by atoms with Gasteiger partial charge in [-0.3, -0.25) is 0 Å². The topological polar surface area (TPSA) is 18.6 Å². The number of nitrogens with zero attached hydrogens (tertiary/aromatic N) is 4. The molecule has 0 fully saturated rings. The monoisotopic (exact) mass is 610 g/mol. The van der Waals surface area contributed by atoms with E-state index >= 15 is 0 Å². The molecule has 0 amide bonds. The number of rotatable bonds is 4. The standard InChI is InChI=1S/C44H26N4/c1-45-31-23-24-37-35-16-5-9-20-42(35)48(44(37)28-31)43-21-10-6-17-36(43)38-27-30(22-25-39(38)46-2)29-12-11-13-32(26-29)47-40-18-7-3-14-33(40)34-15-4-8-19-41(34)47/h3-28H. The number of benzene rings is 7. The lowest BCUT2D eigenvalue weighted by atomic mass is 9.96. The van der Waals surface area contributed by atoms with Gasteiger partial charge in [-0.25, -0.2) is 9.69 Å². The van der Waals surface area contributed by atoms with Crippen molar-refractivity contribution in [2.24, 2.45) is 0 Å². The summed E-state index contributed by atoms with van der Waals surface area (Å²) >= 11 is 0. The molecule has 0 spiro atoms. The van der Waals surface area contributed by atoms with E-state index in [0.717, 1.165) is 55.4 Å². The van der Waals surface area contributed by atoms with Gasteiger partial charge in [0.25, 0.3) is 0 Å². The van der Waals surface area contributed by atoms with Gasteiger partial charge in [0.15, 0.2) is 11.4 Å². The van der Waals surface area contributed by atoms with Gasteiger partial charge < -0.3 is 9.13 Å². The zero-order valence-corrected chi connectivity index (χ0v) is 25.8. The van der Waals surface area contributed by atoms with E-state index in [-0.39, 0.29) is 0 Å². The first-order chi connectivity index (χ1) is 23.7. The van der Waals surface area contributed by atoms with Crippen LogP contribution in [0.25, 0.3) is 86.9 Å². The summed E-state index contributed by atoms with van der Waals surface area (Å²) < 4.78 is 4.56. The predicted octanol–water partition coefficient (Wildman–Crippen LogP) is 12.3. The van der Waals surface area contributed by atoms with Gasteiger partial charge >= 0.3 is 0 Å². The van der Waals surface area contributed by atoms with Crippen molar-refractivity contribution >= 4 is 55.0 Å². The third kappa shape index (κ3) is 4.14. The minimum absolute atomic E-state index is 0.590. The Bertz CT molecular complexity index is 2760. The number of fused-ring (bicyclic) bond motifs is 6. The largest absolute Gasteiger partial charge is 0.310 e. The molecule has 48 heavy (non-hydrogen) atoms. The number of aromatic nitrogens is 2. The minimum atomic E-state index is 0.590. The molecular formula is C44H26N4. The van der Waals surface area contributed by atoms with Gasteiger partial charge in [0.05, 0.1) is 35.4 Å². The Morgan fingerprint density at radius 1 is 0.396 bits per heavy atom. The van der Waals surface area contributed by atoms with Gasteiger partial charge in [0.1, 0.15) is 0 Å². The summed E-state index contributed by atoms with van der Waals surface area (Å²) in [6, 6.07) is 54.4. The molecule has 0 unspecified atom stereocenters. The molecule has 0 saturated heterocycles. The van der Waals surface area contributed by atoms with Crippen LogP contribution in [-0.4, -0.2) is 9.13 Å². The molecule has 0 atom stereocenters. The lowest BCUT2D eigenvalue weighted by Crippen LogP contribution is -1.97. The molecule has 0 N–H and O–H groups in total. The van der Waals surface area contributed by atoms with E-state index in [9.17, 15) is 0 Å². The summed E-state index contributed by atoms with van der Waals surface area (Å²) in [6.07, 6.45) is 0. The quantitative estimate of drug-likeness (QED) is 0.177. The van der Waals surface area contributed by atoms with Crippen LogP contribution in [-0.2, 0) is 0 Å². The first-order valence-corrected chi connectivity index (χ1v) is 15.8. The molecule has 222 valence electrons. The molecule has 4 heteroatoms. The summed E-state index contributed by atoms with van der Waals surface area (Å²) in [7, 11) is 0. The molecule has 0 saturated carbocycles. The van der Waals surface area contributed by atoms with Crippen LogP contribution in [0.4, 0.5) is 11.4 Å². The van der Waals surface area contributed by atoms with Crippen LogP contribution in [0.2, 0.25) is 0 Å². The van der Waals surface area contributed by atoms with Crippen molar-refractivity contribution < 1.29 is 0 Å². The molecule has 0 radical (unpaired) electrons. The molecular weight excluding hydrogens is 585 g/mol. The Labute approximate surface area is 277 Å². The SMILES string of the molecule is [C-]#[N+]c1ccc2c3ccccc3n(-c3ccccc3-c3cc(-c4cccc(-n5c6ccccc6c6ccccc65)c4)ccc3[N+]#[C-])c2c1. The summed E-state index contributed by atoms with van der Waals surface area (Å²) in [5.74, 6) is 0. The lowest BCUT2D eigenvalue weighted by Gasteiger charge is -2.16. The van der Waals surface area contributed by atoms with Crippen LogP contribution in [0.5, 0.6) is 0 Å². The molecule has 0 aliphatic heterocycles. The van der Waals surface area contributed by atoms with Crippen molar-refractivity contribution in [1.29, 1.82) is 0 Å². The zero-order valence-electron chi connectivity index (χ0n) is 25.8. The molecule has 7 aromatic carbocycles. The molecule has 9 rings (SSSR count). The number of para-hydroxylation sites is 4. The third-order valence-electron chi connectivity index (χ3n) is 9.36. The second kappa shape index (κ2) is 10.9. The van der Waals surface area contributed by atoms with Gasteiger partial charge in [-0.05, 0) is 64.7 Å². The second-order valence-electron chi connectivity index (χ2n) is 11.9. The van der Waals surface area contributed by atoms with Crippen molar-refractivity contribution in [3.63, 3.8) is 0 Å². The second-order valence-corrected chi connectivity index (χ2v) is 11.9. The van der Waals surface area contributed by atoms with Crippen molar-refractivity contribution in [1.82, 2.24) is 9.13 Å². The zero-order chi connectivity index (χ0) is 32.2. The van der Waals surface area contributed by atoms with E-state index in [1.165, 1.54) is 21.8 Å². The fraction of sp³-hybridized carbons (Fsp3) is 0. The normalized spacial score (nSPS) is 11.3. The maximum absolute atomic E-state index is 8.13. The molecule has 4 nitrogen and oxygen atoms in total. The van der Waals surface area contributed by atoms with E-state index in [4.69, 9.17) is 13.1 Å². The molecule has 0 aliphatic carbocycles. The first kappa shape index (κ1) is 27.4. The van der Waals surface area contributed by atoms with E-state index in [2.05, 4.69) is 128 Å². The molecule has 0 bridgehead atoms. The van der Waals surface area contributed by atoms with E-state index < -0.39 is 0 Å². The lowest BCUT2D eigenvalue weighted by molar-refractivity contribution is 1.18. The van der Waals surface area contributed by atoms with Gasteiger partial charge in [-0.1, -0.05) is 115 Å². The fourth-order valence-corrected chi connectivity index (χ4v) is 7.24. The Balaban J connectivity index is 1.24. The van der Waals surface area contributed by atoms with Crippen LogP contribution < -0.4 is 0 Å². The van der Waals surface area contributed by atoms with Gasteiger partial charge in [-0.15, -0.1) is 0 Å². The van der Waals surface area contributed by atoms with Crippen LogP contribution in [0.3, 0.4) is 0 Å².